The van der Waals surface area contributed by atoms with Gasteiger partial charge in [0.25, 0.3) is 22.9 Å². The normalized spacial score (nSPS) is 27.1. The van der Waals surface area contributed by atoms with Gasteiger partial charge in [-0.05, 0) is 70.3 Å². The number of nitrogens with zero attached hydrogens (tertiary/aromatic N) is 12. The maximum atomic E-state index is 13.2. The van der Waals surface area contributed by atoms with Gasteiger partial charge in [-0.3, -0.25) is 47.4 Å². The van der Waals surface area contributed by atoms with Crippen LogP contribution >= 0.6 is 0 Å². The molecule has 13 rings (SSSR count). The second-order valence-electron chi connectivity index (χ2n) is 24.3. The van der Waals surface area contributed by atoms with Crippen molar-refractivity contribution < 1.29 is 57.7 Å². The molecule has 34 nitrogen and oxygen atoms in total. The number of ether oxygens (including phenoxy) is 8. The third-order valence-electron chi connectivity index (χ3n) is 17.9. The summed E-state index contributed by atoms with van der Waals surface area (Å²) >= 11 is 0. The van der Waals surface area contributed by atoms with E-state index in [1.54, 1.807) is 101 Å². The Balaban J connectivity index is 0.000000167. The Bertz CT molecular complexity index is 4560. The molecule has 6 fully saturated rings. The first kappa shape index (κ1) is 69.5. The van der Waals surface area contributed by atoms with Crippen LogP contribution in [0, 0.1) is 40.0 Å². The minimum atomic E-state index is -0.881. The summed E-state index contributed by atoms with van der Waals surface area (Å²) in [6.07, 6.45) is 6.64. The number of benzene rings is 2. The molecule has 6 N–H and O–H groups in total. The van der Waals surface area contributed by atoms with Gasteiger partial charge in [-0.15, -0.1) is 11.5 Å². The van der Waals surface area contributed by atoms with Crippen molar-refractivity contribution in [3.63, 3.8) is 0 Å². The lowest BCUT2D eigenvalue weighted by Crippen LogP contribution is -2.41. The summed E-state index contributed by atoms with van der Waals surface area (Å²) in [7, 11) is 0. The number of anilines is 2. The zero-order valence-corrected chi connectivity index (χ0v) is 54.0. The first-order valence-electron chi connectivity index (χ1n) is 31.5. The summed E-state index contributed by atoms with van der Waals surface area (Å²) in [6, 6.07) is 17.4. The van der Waals surface area contributed by atoms with Gasteiger partial charge in [0, 0.05) is 75.9 Å². The molecule has 6 saturated heterocycles. The summed E-state index contributed by atoms with van der Waals surface area (Å²) in [6.45, 7) is 11.6. The van der Waals surface area contributed by atoms with Crippen molar-refractivity contribution in [2.75, 3.05) is 37.0 Å². The van der Waals surface area contributed by atoms with E-state index in [4.69, 9.17) is 49.8 Å². The SMILES string of the molecule is C#CCOC1[C@@H]2OC[C@]1(CC)O[C@H]2n1cc(C)c(NC(=O)c2ccccc2)nc1=O.CC[C@]12CO[C@@H](C1OCc1cn(C[C@H]3O[C@@H](n4cc(C)c(=O)[nH]c4=O)CC3O)nn1)[C@H](n1cc(C)c(NC(=O)c3ccccc3)nc1=O)O2.Cc1cn([C@H]2CC(O)[C@@H](CN=[N+]=[N-])O2)c(=O)[nH]c1=O. The topological polar surface area (TPSA) is 431 Å². The Kier molecular flexibility index (Phi) is 20.9. The van der Waals surface area contributed by atoms with Crippen LogP contribution in [-0.4, -0.2) is 162 Å². The second-order valence-corrected chi connectivity index (χ2v) is 24.3. The molecule has 6 aliphatic heterocycles. The zero-order valence-electron chi connectivity index (χ0n) is 54.0. The van der Waals surface area contributed by atoms with Crippen LogP contribution in [-0.2, 0) is 51.0 Å². The maximum absolute atomic E-state index is 13.2. The molecule has 98 heavy (non-hydrogen) atoms. The molecule has 0 spiro atoms. The van der Waals surface area contributed by atoms with E-state index in [-0.39, 0.29) is 75.3 Å². The van der Waals surface area contributed by atoms with Gasteiger partial charge in [-0.1, -0.05) is 66.5 Å². The van der Waals surface area contributed by atoms with Crippen molar-refractivity contribution in [2.24, 2.45) is 5.11 Å². The van der Waals surface area contributed by atoms with Crippen LogP contribution < -0.4 is 44.5 Å². The minimum absolute atomic E-state index is 0.00868. The van der Waals surface area contributed by atoms with Crippen LogP contribution in [0.2, 0.25) is 0 Å². The van der Waals surface area contributed by atoms with Gasteiger partial charge in [0.2, 0.25) is 0 Å². The average molecular weight is 1350 g/mol. The number of terminal acetylenes is 1. The van der Waals surface area contributed by atoms with Crippen molar-refractivity contribution in [2.45, 2.75) is 165 Å². The number of carbonyl (C=O) groups excluding carboxylic acids is 2. The summed E-state index contributed by atoms with van der Waals surface area (Å²) in [5, 5.41) is 37.5. The molecule has 0 radical (unpaired) electrons. The summed E-state index contributed by atoms with van der Waals surface area (Å²) in [5.74, 6) is 2.12. The zero-order chi connectivity index (χ0) is 69.7. The molecule has 6 aliphatic rings. The summed E-state index contributed by atoms with van der Waals surface area (Å²) in [5.41, 5.74) is 6.81. The number of aliphatic hydroxyl groups is 2. The molecule has 4 bridgehead atoms. The van der Waals surface area contributed by atoms with Gasteiger partial charge in [0.1, 0.15) is 78.1 Å². The molecule has 34 heteroatoms. The largest absolute Gasteiger partial charge is 0.390 e. The van der Waals surface area contributed by atoms with Crippen molar-refractivity contribution in [3.8, 4) is 12.3 Å². The number of rotatable bonds is 19. The van der Waals surface area contributed by atoms with Crippen molar-refractivity contribution in [3.05, 3.63) is 204 Å². The van der Waals surface area contributed by atoms with E-state index in [0.29, 0.717) is 58.5 Å². The van der Waals surface area contributed by atoms with Crippen LogP contribution in [0.5, 0.6) is 0 Å². The minimum Gasteiger partial charge on any atom is -0.390 e. The second kappa shape index (κ2) is 29.4. The molecule has 5 aromatic heterocycles. The van der Waals surface area contributed by atoms with Crippen LogP contribution in [0.3, 0.4) is 0 Å². The molecular formula is C64H72N16O18. The van der Waals surface area contributed by atoms with E-state index in [0.717, 1.165) is 0 Å². The number of H-pyrrole nitrogens is 2. The maximum Gasteiger partial charge on any atom is 0.351 e. The smallest absolute Gasteiger partial charge is 0.351 e. The van der Waals surface area contributed by atoms with Gasteiger partial charge in [0.15, 0.2) is 12.5 Å². The number of fused-ring (bicyclic) bond motifs is 4. The highest BCUT2D eigenvalue weighted by Crippen LogP contribution is 2.49. The molecule has 7 aromatic rings. The highest BCUT2D eigenvalue weighted by Gasteiger charge is 2.63. The van der Waals surface area contributed by atoms with Crippen LogP contribution in [0.4, 0.5) is 11.6 Å². The molecule has 2 aromatic carbocycles. The Morgan fingerprint density at radius 3 is 1.61 bits per heavy atom. The monoisotopic (exact) mass is 1350 g/mol. The third kappa shape index (κ3) is 14.4. The predicted octanol–water partition coefficient (Wildman–Crippen LogP) is 2.27. The molecule has 516 valence electrons. The van der Waals surface area contributed by atoms with E-state index in [1.807, 2.05) is 19.9 Å². The highest BCUT2D eigenvalue weighted by molar-refractivity contribution is 6.04. The molecule has 2 amide bonds. The van der Waals surface area contributed by atoms with Crippen LogP contribution in [0.25, 0.3) is 10.4 Å². The number of nitrogens with one attached hydrogen (secondary N) is 4. The van der Waals surface area contributed by atoms with Crippen LogP contribution in [0.1, 0.15) is 113 Å². The quantitative estimate of drug-likeness (QED) is 0.0293. The number of hydrogen-bond donors (Lipinski definition) is 6. The van der Waals surface area contributed by atoms with Gasteiger partial charge in [-0.25, -0.2) is 23.9 Å². The van der Waals surface area contributed by atoms with Crippen molar-refractivity contribution in [1.29, 1.82) is 0 Å². The van der Waals surface area contributed by atoms with Crippen molar-refractivity contribution in [1.82, 2.24) is 53.2 Å². The molecular weight excluding hydrogens is 1280 g/mol. The Labute approximate surface area is 556 Å². The summed E-state index contributed by atoms with van der Waals surface area (Å²) < 4.78 is 55.0. The van der Waals surface area contributed by atoms with Gasteiger partial charge >= 0.3 is 22.8 Å². The Morgan fingerprint density at radius 2 is 1.14 bits per heavy atom. The van der Waals surface area contributed by atoms with E-state index >= 15 is 0 Å². The predicted molar refractivity (Wildman–Crippen MR) is 343 cm³/mol. The standard InChI is InChI=1S/C32H36N8O9.C22H23N3O5.C10H13N5O4/c1-4-32-16-47-24(29(49-32)40-11-17(2)26(34-30(40)44)33-28(43)19-8-6-5-7-9-19)25(32)46-15-20-13-38(37-36-20)14-22-21(41)10-23(48-22)39-12-18(3)27(42)35-31(39)45;1-4-11-28-17-16-20(30-22(17,5-2)13-29-16)25-12-14(3)18(24-21(25)27)23-19(26)15-9-7-6-8-10-15;1-5-4-15(10(18)13-9(5)17)8-2-6(16)7(19-8)3-12-14-11/h5-9,11-13,21-25,29,41H,4,10,14-16H2,1-3H3,(H,35,42,45)(H,33,34,43,44);1,6-10,12,16-17,20H,5,11,13H2,2-3H3,(H,23,24,26,27);4,6-8,16H,2-3H2,1H3,(H,13,17,18)/t21?,22-,23-,24+,25?,29-,32+;16-,17?,20+,22-;6?,7-,8-/m101/s1. The average Bonchev–Trinajstić information content (AvgIpc) is 1.66. The number of hydrogen-bond acceptors (Lipinski definition) is 23. The Morgan fingerprint density at radius 1 is 0.684 bits per heavy atom. The third-order valence-corrected chi connectivity index (χ3v) is 17.9. The molecule has 14 atom stereocenters. The van der Waals surface area contributed by atoms with E-state index in [2.05, 4.69) is 56.8 Å². The molecule has 11 heterocycles. The molecule has 0 aliphatic carbocycles. The molecule has 4 unspecified atom stereocenters. The fourth-order valence-electron chi connectivity index (χ4n) is 12.5. The first-order chi connectivity index (χ1) is 47.1. The fourth-order valence-corrected chi connectivity index (χ4v) is 12.5. The van der Waals surface area contributed by atoms with Gasteiger partial charge < -0.3 is 58.7 Å². The van der Waals surface area contributed by atoms with E-state index < -0.39 is 113 Å². The number of aromatic amines is 2. The lowest BCUT2D eigenvalue weighted by atomic mass is 9.96. The lowest BCUT2D eigenvalue weighted by Gasteiger charge is -2.30. The number of aryl methyl sites for hydroxylation is 4. The number of azide groups is 1. The first-order valence-corrected chi connectivity index (χ1v) is 31.5. The van der Waals surface area contributed by atoms with Crippen LogP contribution in [0.15, 0.2) is 126 Å². The fraction of sp³-hybridized carbons (Fsp3) is 0.469. The summed E-state index contributed by atoms with van der Waals surface area (Å²) in [4.78, 5) is 113. The number of aliphatic hydroxyl groups excluding tert-OH is 2. The van der Waals surface area contributed by atoms with Gasteiger partial charge in [-0.2, -0.15) is 9.97 Å². The van der Waals surface area contributed by atoms with Gasteiger partial charge in [0.05, 0.1) is 57.4 Å². The number of carbonyl (C=O) groups is 2. The lowest BCUT2D eigenvalue weighted by molar-refractivity contribution is -0.176. The number of aromatic nitrogens is 11. The van der Waals surface area contributed by atoms with E-state index in [9.17, 15) is 48.6 Å². The van der Waals surface area contributed by atoms with Crippen molar-refractivity contribution >= 4 is 23.5 Å². The molecule has 0 saturated carbocycles. The van der Waals surface area contributed by atoms with E-state index in [1.165, 1.54) is 35.3 Å². The Hall–Kier alpha value is -9.89. The number of amides is 2. The highest BCUT2D eigenvalue weighted by atomic mass is 16.7.